The van der Waals surface area contributed by atoms with E-state index in [-0.39, 0.29) is 11.7 Å². The van der Waals surface area contributed by atoms with Crippen LogP contribution in [0.25, 0.3) is 0 Å². The van der Waals surface area contributed by atoms with E-state index in [1.54, 1.807) is 0 Å². The van der Waals surface area contributed by atoms with Crippen molar-refractivity contribution in [2.24, 2.45) is 5.92 Å². The second kappa shape index (κ2) is 8.80. The van der Waals surface area contributed by atoms with Crippen LogP contribution >= 0.6 is 0 Å². The van der Waals surface area contributed by atoms with Crippen molar-refractivity contribution in [1.82, 2.24) is 5.32 Å². The number of amides is 1. The number of hydrogen-bond donors (Lipinski definition) is 1. The van der Waals surface area contributed by atoms with Crippen LogP contribution in [-0.2, 0) is 16.0 Å². The fourth-order valence-corrected chi connectivity index (χ4v) is 2.13. The van der Waals surface area contributed by atoms with Crippen molar-refractivity contribution in [1.29, 1.82) is 0 Å². The summed E-state index contributed by atoms with van der Waals surface area (Å²) in [5.41, 5.74) is 1.09. The number of carbonyl (C=O) groups is 2. The monoisotopic (exact) mass is 287 g/mol. The van der Waals surface area contributed by atoms with Crippen LogP contribution in [0.3, 0.4) is 0 Å². The quantitative estimate of drug-likeness (QED) is 0.784. The van der Waals surface area contributed by atoms with Gasteiger partial charge in [0.05, 0.1) is 13.2 Å². The van der Waals surface area contributed by atoms with E-state index in [0.29, 0.717) is 19.3 Å². The molecule has 1 aromatic rings. The molecule has 0 saturated carbocycles. The number of alkyl carbamates (subject to hydrolysis) is 1. The minimum Gasteiger partial charge on any atom is -0.453 e. The van der Waals surface area contributed by atoms with E-state index in [1.165, 1.54) is 7.11 Å². The summed E-state index contributed by atoms with van der Waals surface area (Å²) in [6, 6.07) is 9.17. The van der Waals surface area contributed by atoms with E-state index in [9.17, 15) is 9.59 Å². The molecule has 0 fully saturated rings. The number of methoxy groups -OCH3 is 1. The maximum atomic E-state index is 12.5. The summed E-state index contributed by atoms with van der Waals surface area (Å²) in [6.07, 6.45) is 6.10. The third-order valence-corrected chi connectivity index (χ3v) is 3.27. The molecule has 2 atom stereocenters. The highest BCUT2D eigenvalue weighted by Crippen LogP contribution is 2.13. The number of ketones is 1. The molecule has 0 aliphatic heterocycles. The maximum Gasteiger partial charge on any atom is 0.407 e. The van der Waals surface area contributed by atoms with E-state index in [1.807, 2.05) is 37.3 Å². The van der Waals surface area contributed by atoms with Crippen molar-refractivity contribution in [3.63, 3.8) is 0 Å². The first kappa shape index (κ1) is 16.8. The van der Waals surface area contributed by atoms with E-state index in [4.69, 9.17) is 6.42 Å². The number of terminal acetylenes is 1. The Kier molecular flexibility index (Phi) is 7.03. The van der Waals surface area contributed by atoms with Crippen LogP contribution < -0.4 is 5.32 Å². The van der Waals surface area contributed by atoms with Crippen molar-refractivity contribution >= 4 is 11.9 Å². The molecule has 0 spiro atoms. The van der Waals surface area contributed by atoms with Gasteiger partial charge in [-0.15, -0.1) is 12.3 Å². The third kappa shape index (κ3) is 5.70. The number of ether oxygens (including phenoxy) is 1. The number of hydrogen-bond acceptors (Lipinski definition) is 3. The van der Waals surface area contributed by atoms with Crippen molar-refractivity contribution < 1.29 is 14.3 Å². The summed E-state index contributed by atoms with van der Waals surface area (Å²) in [4.78, 5) is 23.8. The highest BCUT2D eigenvalue weighted by molar-refractivity contribution is 5.89. The molecule has 0 bridgehead atoms. The molecular formula is C17H21NO3. The molecule has 0 aliphatic rings. The lowest BCUT2D eigenvalue weighted by atomic mass is 9.91. The fourth-order valence-electron chi connectivity index (χ4n) is 2.13. The average molecular weight is 287 g/mol. The zero-order valence-corrected chi connectivity index (χ0v) is 12.5. The molecule has 112 valence electrons. The molecule has 1 N–H and O–H groups in total. The van der Waals surface area contributed by atoms with E-state index in [0.717, 1.165) is 5.56 Å². The summed E-state index contributed by atoms with van der Waals surface area (Å²) >= 11 is 0. The first-order valence-electron chi connectivity index (χ1n) is 6.94. The topological polar surface area (TPSA) is 55.4 Å². The van der Waals surface area contributed by atoms with Crippen molar-refractivity contribution in [3.05, 3.63) is 35.9 Å². The van der Waals surface area contributed by atoms with Crippen LogP contribution in [0.1, 0.15) is 25.3 Å². The Labute approximate surface area is 125 Å². The van der Waals surface area contributed by atoms with Gasteiger partial charge in [-0.1, -0.05) is 37.3 Å². The minimum absolute atomic E-state index is 0.0282. The lowest BCUT2D eigenvalue weighted by Crippen LogP contribution is -2.43. The van der Waals surface area contributed by atoms with E-state index in [2.05, 4.69) is 16.0 Å². The van der Waals surface area contributed by atoms with Crippen LogP contribution in [0.4, 0.5) is 4.79 Å². The highest BCUT2D eigenvalue weighted by atomic mass is 16.5. The fraction of sp³-hybridized carbons (Fsp3) is 0.412. The number of benzene rings is 1. The SMILES string of the molecule is C#CCCC(NC(=O)OC)C(=O)C(C)Cc1ccccc1. The van der Waals surface area contributed by atoms with Gasteiger partial charge in [0, 0.05) is 12.3 Å². The first-order valence-corrected chi connectivity index (χ1v) is 6.94. The molecule has 0 aliphatic carbocycles. The van der Waals surface area contributed by atoms with Crippen LogP contribution in [0, 0.1) is 18.3 Å². The van der Waals surface area contributed by atoms with Crippen molar-refractivity contribution in [2.45, 2.75) is 32.2 Å². The van der Waals surface area contributed by atoms with Gasteiger partial charge in [-0.3, -0.25) is 4.79 Å². The number of nitrogens with one attached hydrogen (secondary N) is 1. The van der Waals surface area contributed by atoms with Gasteiger partial charge in [-0.2, -0.15) is 0 Å². The molecule has 4 heteroatoms. The minimum atomic E-state index is -0.614. The van der Waals surface area contributed by atoms with Gasteiger partial charge in [-0.25, -0.2) is 4.79 Å². The summed E-state index contributed by atoms with van der Waals surface area (Å²) in [7, 11) is 1.27. The molecule has 0 heterocycles. The normalized spacial score (nSPS) is 12.8. The van der Waals surface area contributed by atoms with Crippen LogP contribution in [0.15, 0.2) is 30.3 Å². The molecule has 1 rings (SSSR count). The Hall–Kier alpha value is -2.28. The number of rotatable bonds is 7. The zero-order valence-electron chi connectivity index (χ0n) is 12.5. The molecule has 1 amide bonds. The maximum absolute atomic E-state index is 12.5. The van der Waals surface area contributed by atoms with Gasteiger partial charge in [0.1, 0.15) is 0 Å². The van der Waals surface area contributed by atoms with Crippen molar-refractivity contribution in [2.75, 3.05) is 7.11 Å². The van der Waals surface area contributed by atoms with E-state index < -0.39 is 12.1 Å². The Morgan fingerprint density at radius 2 is 2.00 bits per heavy atom. The second-order valence-electron chi connectivity index (χ2n) is 4.92. The zero-order chi connectivity index (χ0) is 15.7. The molecule has 21 heavy (non-hydrogen) atoms. The second-order valence-corrected chi connectivity index (χ2v) is 4.92. The molecule has 0 radical (unpaired) electrons. The molecule has 2 unspecified atom stereocenters. The standard InChI is InChI=1S/C17H21NO3/c1-4-5-11-15(18-17(20)21-3)16(19)13(2)12-14-9-7-6-8-10-14/h1,6-10,13,15H,5,11-12H2,2-3H3,(H,18,20). The summed E-state index contributed by atoms with van der Waals surface area (Å²) in [6.45, 7) is 1.86. The lowest BCUT2D eigenvalue weighted by Gasteiger charge is -2.20. The number of Topliss-reactive ketones (excluding diaryl/α,β-unsaturated/α-hetero) is 1. The Morgan fingerprint density at radius 3 is 2.57 bits per heavy atom. The molecule has 0 aromatic heterocycles. The Balaban J connectivity index is 2.69. The van der Waals surface area contributed by atoms with E-state index >= 15 is 0 Å². The predicted octanol–water partition coefficient (Wildman–Crippen LogP) is 2.57. The molecule has 0 saturated heterocycles. The number of carbonyl (C=O) groups excluding carboxylic acids is 2. The molecular weight excluding hydrogens is 266 g/mol. The first-order chi connectivity index (χ1) is 10.1. The van der Waals surface area contributed by atoms with Gasteiger partial charge >= 0.3 is 6.09 Å². The highest BCUT2D eigenvalue weighted by Gasteiger charge is 2.25. The van der Waals surface area contributed by atoms with Crippen LogP contribution in [-0.4, -0.2) is 25.0 Å². The van der Waals surface area contributed by atoms with Gasteiger partial charge in [0.25, 0.3) is 0 Å². The largest absolute Gasteiger partial charge is 0.453 e. The Bertz CT molecular complexity index is 505. The van der Waals surface area contributed by atoms with Crippen LogP contribution in [0.2, 0.25) is 0 Å². The summed E-state index contributed by atoms with van der Waals surface area (Å²) in [5, 5.41) is 2.56. The molecule has 4 nitrogen and oxygen atoms in total. The lowest BCUT2D eigenvalue weighted by molar-refractivity contribution is -0.124. The van der Waals surface area contributed by atoms with Gasteiger partial charge < -0.3 is 10.1 Å². The molecule has 1 aromatic carbocycles. The van der Waals surface area contributed by atoms with Gasteiger partial charge in [0.15, 0.2) is 5.78 Å². The van der Waals surface area contributed by atoms with Gasteiger partial charge in [0.2, 0.25) is 0 Å². The Morgan fingerprint density at radius 1 is 1.33 bits per heavy atom. The summed E-state index contributed by atoms with van der Waals surface area (Å²) < 4.78 is 4.55. The average Bonchev–Trinajstić information content (AvgIpc) is 2.51. The van der Waals surface area contributed by atoms with Gasteiger partial charge in [-0.05, 0) is 18.4 Å². The van der Waals surface area contributed by atoms with Crippen LogP contribution in [0.5, 0.6) is 0 Å². The predicted molar refractivity (Wildman–Crippen MR) is 81.7 cm³/mol. The summed E-state index contributed by atoms with van der Waals surface area (Å²) in [5.74, 6) is 2.26. The third-order valence-electron chi connectivity index (χ3n) is 3.27. The van der Waals surface area contributed by atoms with Crippen molar-refractivity contribution in [3.8, 4) is 12.3 Å². The smallest absolute Gasteiger partial charge is 0.407 e.